The van der Waals surface area contributed by atoms with Gasteiger partial charge in [-0.15, -0.1) is 0 Å². The fourth-order valence-corrected chi connectivity index (χ4v) is 2.46. The van der Waals surface area contributed by atoms with E-state index in [1.165, 1.54) is 25.7 Å². The van der Waals surface area contributed by atoms with E-state index in [0.29, 0.717) is 24.1 Å². The lowest BCUT2D eigenvalue weighted by Crippen LogP contribution is -2.26. The Morgan fingerprint density at radius 2 is 1.70 bits per heavy atom. The van der Waals surface area contributed by atoms with Gasteiger partial charge in [-0.05, 0) is 37.1 Å². The predicted molar refractivity (Wildman–Crippen MR) is 79.8 cm³/mol. The fraction of sp³-hybridized carbons (Fsp3) is 0.625. The average Bonchev–Trinajstić information content (AvgIpc) is 2.73. The molecular formula is C16H25NO3. The summed E-state index contributed by atoms with van der Waals surface area (Å²) in [6.07, 6.45) is 7.05. The number of anilines is 1. The van der Waals surface area contributed by atoms with Gasteiger partial charge in [-0.1, -0.05) is 25.7 Å². The van der Waals surface area contributed by atoms with Crippen molar-refractivity contribution in [2.45, 2.75) is 50.7 Å². The highest BCUT2D eigenvalue weighted by Gasteiger charge is 2.14. The molecule has 0 aromatic heterocycles. The first kappa shape index (κ1) is 15.1. The van der Waals surface area contributed by atoms with Gasteiger partial charge in [0.15, 0.2) is 0 Å². The zero-order valence-corrected chi connectivity index (χ0v) is 12.0. The highest BCUT2D eigenvalue weighted by Crippen LogP contribution is 2.20. The minimum Gasteiger partial charge on any atom is -0.491 e. The largest absolute Gasteiger partial charge is 0.491 e. The van der Waals surface area contributed by atoms with Gasteiger partial charge in [-0.25, -0.2) is 0 Å². The number of rotatable bonds is 6. The first-order chi connectivity index (χ1) is 9.74. The van der Waals surface area contributed by atoms with Crippen LogP contribution in [0.2, 0.25) is 0 Å². The van der Waals surface area contributed by atoms with Gasteiger partial charge >= 0.3 is 0 Å². The van der Waals surface area contributed by atoms with Crippen LogP contribution in [0, 0.1) is 0 Å². The normalized spacial score (nSPS) is 18.4. The van der Waals surface area contributed by atoms with Crippen LogP contribution in [0.5, 0.6) is 5.75 Å². The number of benzene rings is 1. The van der Waals surface area contributed by atoms with Crippen molar-refractivity contribution in [1.29, 1.82) is 0 Å². The Kier molecular flexibility index (Phi) is 6.15. The summed E-state index contributed by atoms with van der Waals surface area (Å²) in [6.45, 7) is 0.594. The Hall–Kier alpha value is -1.26. The standard InChI is InChI=1S/C16H25NO3/c17-13-7-9-16(10-8-13)20-12-14(18)11-19-15-5-3-1-2-4-6-15/h7-10,14-15,18H,1-6,11-12,17H2. The molecule has 1 aliphatic rings. The minimum absolute atomic E-state index is 0.247. The van der Waals surface area contributed by atoms with Crippen LogP contribution >= 0.6 is 0 Å². The van der Waals surface area contributed by atoms with Crippen molar-refractivity contribution in [3.63, 3.8) is 0 Å². The molecule has 0 aliphatic heterocycles. The van der Waals surface area contributed by atoms with Gasteiger partial charge in [0.1, 0.15) is 18.5 Å². The van der Waals surface area contributed by atoms with Crippen LogP contribution in [0.15, 0.2) is 24.3 Å². The van der Waals surface area contributed by atoms with Gasteiger partial charge < -0.3 is 20.3 Å². The molecule has 1 atom stereocenters. The molecule has 0 spiro atoms. The quantitative estimate of drug-likeness (QED) is 0.621. The van der Waals surface area contributed by atoms with Crippen LogP contribution in [-0.4, -0.2) is 30.5 Å². The Morgan fingerprint density at radius 3 is 2.35 bits per heavy atom. The molecule has 1 unspecified atom stereocenters. The molecule has 0 saturated heterocycles. The molecule has 0 bridgehead atoms. The predicted octanol–water partition coefficient (Wildman–Crippen LogP) is 2.75. The molecule has 3 N–H and O–H groups in total. The topological polar surface area (TPSA) is 64.7 Å². The molecule has 2 rings (SSSR count). The van der Waals surface area contributed by atoms with Crippen LogP contribution in [0.3, 0.4) is 0 Å². The van der Waals surface area contributed by atoms with Crippen molar-refractivity contribution in [2.24, 2.45) is 0 Å². The summed E-state index contributed by atoms with van der Waals surface area (Å²) in [6, 6.07) is 7.16. The second-order valence-electron chi connectivity index (χ2n) is 5.48. The summed E-state index contributed by atoms with van der Waals surface area (Å²) < 4.78 is 11.3. The van der Waals surface area contributed by atoms with E-state index < -0.39 is 6.10 Å². The lowest BCUT2D eigenvalue weighted by Gasteiger charge is -2.18. The van der Waals surface area contributed by atoms with Gasteiger partial charge in [0.25, 0.3) is 0 Å². The molecule has 1 fully saturated rings. The number of nitrogens with two attached hydrogens (primary N) is 1. The first-order valence-electron chi connectivity index (χ1n) is 7.52. The minimum atomic E-state index is -0.587. The van der Waals surface area contributed by atoms with Crippen LogP contribution in [0.4, 0.5) is 5.69 Å². The second-order valence-corrected chi connectivity index (χ2v) is 5.48. The number of hydrogen-bond acceptors (Lipinski definition) is 4. The van der Waals surface area contributed by atoms with Gasteiger partial charge in [-0.3, -0.25) is 0 Å². The average molecular weight is 279 g/mol. The van der Waals surface area contributed by atoms with Crippen LogP contribution in [0.1, 0.15) is 38.5 Å². The number of hydrogen-bond donors (Lipinski definition) is 2. The van der Waals surface area contributed by atoms with E-state index in [-0.39, 0.29) is 6.61 Å². The first-order valence-corrected chi connectivity index (χ1v) is 7.52. The lowest BCUT2D eigenvalue weighted by atomic mass is 10.1. The van der Waals surface area contributed by atoms with Gasteiger partial charge in [-0.2, -0.15) is 0 Å². The van der Waals surface area contributed by atoms with Crippen LogP contribution in [0.25, 0.3) is 0 Å². The zero-order chi connectivity index (χ0) is 14.2. The van der Waals surface area contributed by atoms with E-state index in [9.17, 15) is 5.11 Å². The summed E-state index contributed by atoms with van der Waals surface area (Å²) in [5, 5.41) is 9.89. The molecule has 0 amide bonds. The van der Waals surface area contributed by atoms with E-state index in [1.807, 2.05) is 0 Å². The van der Waals surface area contributed by atoms with Crippen molar-refractivity contribution in [3.8, 4) is 5.75 Å². The van der Waals surface area contributed by atoms with Gasteiger partial charge in [0.2, 0.25) is 0 Å². The highest BCUT2D eigenvalue weighted by molar-refractivity contribution is 5.41. The molecule has 1 saturated carbocycles. The second kappa shape index (κ2) is 8.12. The van der Waals surface area contributed by atoms with Crippen LogP contribution < -0.4 is 10.5 Å². The summed E-state index contributed by atoms with van der Waals surface area (Å²) in [4.78, 5) is 0. The van der Waals surface area contributed by atoms with Crippen LogP contribution in [-0.2, 0) is 4.74 Å². The smallest absolute Gasteiger partial charge is 0.119 e. The summed E-state index contributed by atoms with van der Waals surface area (Å²) in [5.74, 6) is 0.715. The number of ether oxygens (including phenoxy) is 2. The van der Waals surface area contributed by atoms with E-state index in [0.717, 1.165) is 12.8 Å². The maximum Gasteiger partial charge on any atom is 0.119 e. The molecule has 0 heterocycles. The number of aliphatic hydroxyl groups excluding tert-OH is 1. The molecule has 112 valence electrons. The maximum atomic E-state index is 9.89. The molecule has 0 radical (unpaired) electrons. The van der Waals surface area contributed by atoms with E-state index in [2.05, 4.69) is 0 Å². The molecule has 20 heavy (non-hydrogen) atoms. The Labute approximate surface area is 120 Å². The highest BCUT2D eigenvalue weighted by atomic mass is 16.5. The molecule has 4 nitrogen and oxygen atoms in total. The third-order valence-corrected chi connectivity index (χ3v) is 3.65. The molecule has 4 heteroatoms. The summed E-state index contributed by atoms with van der Waals surface area (Å²) in [7, 11) is 0. The number of nitrogen functional groups attached to an aromatic ring is 1. The van der Waals surface area contributed by atoms with Crippen molar-refractivity contribution in [2.75, 3.05) is 18.9 Å². The van der Waals surface area contributed by atoms with Gasteiger partial charge in [0, 0.05) is 5.69 Å². The molecule has 1 aromatic carbocycles. The number of aliphatic hydroxyl groups is 1. The zero-order valence-electron chi connectivity index (χ0n) is 12.0. The fourth-order valence-electron chi connectivity index (χ4n) is 2.46. The van der Waals surface area contributed by atoms with Gasteiger partial charge in [0.05, 0.1) is 12.7 Å². The Balaban J connectivity index is 1.64. The maximum absolute atomic E-state index is 9.89. The molecule has 1 aromatic rings. The molecule has 1 aliphatic carbocycles. The van der Waals surface area contributed by atoms with Crippen molar-refractivity contribution >= 4 is 5.69 Å². The third-order valence-electron chi connectivity index (χ3n) is 3.65. The Morgan fingerprint density at radius 1 is 1.05 bits per heavy atom. The lowest BCUT2D eigenvalue weighted by molar-refractivity contribution is -0.0292. The van der Waals surface area contributed by atoms with E-state index in [1.54, 1.807) is 24.3 Å². The van der Waals surface area contributed by atoms with Crippen molar-refractivity contribution in [3.05, 3.63) is 24.3 Å². The molecular weight excluding hydrogens is 254 g/mol. The van der Waals surface area contributed by atoms with Crippen molar-refractivity contribution < 1.29 is 14.6 Å². The summed E-state index contributed by atoms with van der Waals surface area (Å²) in [5.41, 5.74) is 6.30. The van der Waals surface area contributed by atoms with E-state index >= 15 is 0 Å². The third kappa shape index (κ3) is 5.39. The monoisotopic (exact) mass is 279 g/mol. The summed E-state index contributed by atoms with van der Waals surface area (Å²) >= 11 is 0. The Bertz CT molecular complexity index is 372. The van der Waals surface area contributed by atoms with E-state index in [4.69, 9.17) is 15.2 Å². The van der Waals surface area contributed by atoms with Crippen molar-refractivity contribution in [1.82, 2.24) is 0 Å². The SMILES string of the molecule is Nc1ccc(OCC(O)COC2CCCCCC2)cc1.